The zero-order valence-corrected chi connectivity index (χ0v) is 11.8. The van der Waals surface area contributed by atoms with Crippen LogP contribution in [0.25, 0.3) is 0 Å². The van der Waals surface area contributed by atoms with Crippen molar-refractivity contribution in [3.8, 4) is 0 Å². The van der Waals surface area contributed by atoms with Crippen LogP contribution in [-0.2, 0) is 4.79 Å². The Labute approximate surface area is 108 Å². The van der Waals surface area contributed by atoms with Gasteiger partial charge in [0, 0.05) is 21.4 Å². The second kappa shape index (κ2) is 6.37. The van der Waals surface area contributed by atoms with E-state index in [0.717, 1.165) is 17.0 Å². The molecule has 2 nitrogen and oxygen atoms in total. The molecule has 1 amide bonds. The lowest BCUT2D eigenvalue weighted by Gasteiger charge is -2.09. The second-order valence-electron chi connectivity index (χ2n) is 3.20. The highest BCUT2D eigenvalue weighted by Crippen LogP contribution is 2.20. The molecule has 0 aromatic heterocycles. The van der Waals surface area contributed by atoms with Crippen molar-refractivity contribution in [3.63, 3.8) is 0 Å². The van der Waals surface area contributed by atoms with Gasteiger partial charge in [-0.05, 0) is 53.5 Å². The van der Waals surface area contributed by atoms with Crippen molar-refractivity contribution in [1.29, 1.82) is 0 Å². The molecule has 0 heterocycles. The molecule has 0 fully saturated rings. The van der Waals surface area contributed by atoms with Crippen molar-refractivity contribution in [1.82, 2.24) is 0 Å². The van der Waals surface area contributed by atoms with E-state index >= 15 is 0 Å². The highest BCUT2D eigenvalue weighted by atomic mass is 127. The highest BCUT2D eigenvalue weighted by Gasteiger charge is 2.05. The maximum Gasteiger partial charge on any atom is 0.225 e. The molecule has 0 atom stereocenters. The standard InChI is InChI=1S/C11H14INOS/c1-8-9(12)4-3-5-10(8)13-11(14)6-7-15-2/h3-5H,6-7H2,1-2H3,(H,13,14). The molecular weight excluding hydrogens is 321 g/mol. The van der Waals surface area contributed by atoms with Crippen LogP contribution >= 0.6 is 34.4 Å². The summed E-state index contributed by atoms with van der Waals surface area (Å²) in [6.45, 7) is 2.02. The third-order valence-electron chi connectivity index (χ3n) is 2.08. The fraction of sp³-hybridized carbons (Fsp3) is 0.364. The van der Waals surface area contributed by atoms with E-state index < -0.39 is 0 Å². The summed E-state index contributed by atoms with van der Waals surface area (Å²) in [4.78, 5) is 11.5. The fourth-order valence-electron chi connectivity index (χ4n) is 1.15. The minimum atomic E-state index is 0.0921. The van der Waals surface area contributed by atoms with Gasteiger partial charge in [-0.1, -0.05) is 6.07 Å². The van der Waals surface area contributed by atoms with E-state index in [0.29, 0.717) is 6.42 Å². The number of halogens is 1. The summed E-state index contributed by atoms with van der Waals surface area (Å²) in [6, 6.07) is 5.93. The number of anilines is 1. The molecule has 1 aromatic rings. The largest absolute Gasteiger partial charge is 0.326 e. The van der Waals surface area contributed by atoms with Gasteiger partial charge >= 0.3 is 0 Å². The Bertz CT molecular complexity index is 354. The Balaban J connectivity index is 2.64. The van der Waals surface area contributed by atoms with Gasteiger partial charge in [0.25, 0.3) is 0 Å². The summed E-state index contributed by atoms with van der Waals surface area (Å²) in [5.41, 5.74) is 2.06. The van der Waals surface area contributed by atoms with Crippen LogP contribution in [0.2, 0.25) is 0 Å². The number of carbonyl (C=O) groups excluding carboxylic acids is 1. The number of hydrogen-bond donors (Lipinski definition) is 1. The van der Waals surface area contributed by atoms with E-state index in [9.17, 15) is 4.79 Å². The zero-order valence-electron chi connectivity index (χ0n) is 8.84. The Morgan fingerprint density at radius 3 is 2.93 bits per heavy atom. The second-order valence-corrected chi connectivity index (χ2v) is 5.35. The van der Waals surface area contributed by atoms with Crippen LogP contribution in [0.5, 0.6) is 0 Å². The lowest BCUT2D eigenvalue weighted by Crippen LogP contribution is -2.13. The molecular formula is C11H14INOS. The summed E-state index contributed by atoms with van der Waals surface area (Å²) in [7, 11) is 0. The zero-order chi connectivity index (χ0) is 11.3. The van der Waals surface area contributed by atoms with Crippen molar-refractivity contribution in [2.45, 2.75) is 13.3 Å². The van der Waals surface area contributed by atoms with Gasteiger partial charge in [-0.3, -0.25) is 4.79 Å². The van der Waals surface area contributed by atoms with E-state index in [1.165, 1.54) is 3.57 Å². The molecule has 4 heteroatoms. The molecule has 1 N–H and O–H groups in total. The number of rotatable bonds is 4. The first kappa shape index (κ1) is 12.8. The summed E-state index contributed by atoms with van der Waals surface area (Å²) < 4.78 is 1.18. The van der Waals surface area contributed by atoms with Crippen LogP contribution in [0.3, 0.4) is 0 Å². The summed E-state index contributed by atoms with van der Waals surface area (Å²) >= 11 is 3.96. The molecule has 0 radical (unpaired) electrons. The minimum absolute atomic E-state index is 0.0921. The fourth-order valence-corrected chi connectivity index (χ4v) is 2.04. The number of carbonyl (C=O) groups is 1. The number of amides is 1. The molecule has 0 saturated heterocycles. The molecule has 0 bridgehead atoms. The first-order valence-corrected chi connectivity index (χ1v) is 7.16. The van der Waals surface area contributed by atoms with Gasteiger partial charge in [0.05, 0.1) is 0 Å². The molecule has 82 valence electrons. The lowest BCUT2D eigenvalue weighted by molar-refractivity contribution is -0.115. The quantitative estimate of drug-likeness (QED) is 0.856. The van der Waals surface area contributed by atoms with Crippen molar-refractivity contribution in [2.24, 2.45) is 0 Å². The maximum absolute atomic E-state index is 11.5. The van der Waals surface area contributed by atoms with Gasteiger partial charge in [-0.25, -0.2) is 0 Å². The van der Waals surface area contributed by atoms with Gasteiger partial charge in [0.15, 0.2) is 0 Å². The van der Waals surface area contributed by atoms with Crippen molar-refractivity contribution < 1.29 is 4.79 Å². The van der Waals surface area contributed by atoms with Crippen molar-refractivity contribution >= 4 is 45.9 Å². The Morgan fingerprint density at radius 2 is 2.27 bits per heavy atom. The normalized spacial score (nSPS) is 10.1. The van der Waals surface area contributed by atoms with Gasteiger partial charge in [-0.15, -0.1) is 0 Å². The highest BCUT2D eigenvalue weighted by molar-refractivity contribution is 14.1. The smallest absolute Gasteiger partial charge is 0.225 e. The van der Waals surface area contributed by atoms with Crippen LogP contribution in [0.15, 0.2) is 18.2 Å². The molecule has 1 rings (SSSR count). The summed E-state index contributed by atoms with van der Waals surface area (Å²) in [5.74, 6) is 0.962. The molecule has 1 aromatic carbocycles. The van der Waals surface area contributed by atoms with Crippen molar-refractivity contribution in [3.05, 3.63) is 27.3 Å². The molecule has 0 spiro atoms. The minimum Gasteiger partial charge on any atom is -0.326 e. The van der Waals surface area contributed by atoms with E-state index in [1.807, 2.05) is 31.4 Å². The third-order valence-corrected chi connectivity index (χ3v) is 3.86. The van der Waals surface area contributed by atoms with Gasteiger partial charge in [0.2, 0.25) is 5.91 Å². The van der Waals surface area contributed by atoms with Crippen LogP contribution in [0, 0.1) is 10.5 Å². The molecule has 15 heavy (non-hydrogen) atoms. The van der Waals surface area contributed by atoms with E-state index in [2.05, 4.69) is 27.9 Å². The summed E-state index contributed by atoms with van der Waals surface area (Å²) in [5, 5.41) is 2.93. The molecule has 0 saturated carbocycles. The Hall–Kier alpha value is -0.230. The first-order chi connectivity index (χ1) is 7.15. The predicted molar refractivity (Wildman–Crippen MR) is 75.5 cm³/mol. The average Bonchev–Trinajstić information content (AvgIpc) is 2.22. The van der Waals surface area contributed by atoms with Crippen molar-refractivity contribution in [2.75, 3.05) is 17.3 Å². The predicted octanol–water partition coefficient (Wildman–Crippen LogP) is 3.29. The van der Waals surface area contributed by atoms with E-state index in [1.54, 1.807) is 11.8 Å². The molecule has 0 aliphatic heterocycles. The van der Waals surface area contributed by atoms with Crippen LogP contribution in [-0.4, -0.2) is 17.9 Å². The first-order valence-electron chi connectivity index (χ1n) is 4.69. The molecule has 0 aliphatic carbocycles. The SMILES string of the molecule is CSCCC(=O)Nc1cccc(I)c1C. The molecule has 0 unspecified atom stereocenters. The third kappa shape index (κ3) is 4.03. The lowest BCUT2D eigenvalue weighted by atomic mass is 10.2. The van der Waals surface area contributed by atoms with Gasteiger partial charge in [-0.2, -0.15) is 11.8 Å². The number of nitrogens with one attached hydrogen (secondary N) is 1. The van der Waals surface area contributed by atoms with Crippen LogP contribution in [0.4, 0.5) is 5.69 Å². The average molecular weight is 335 g/mol. The van der Waals surface area contributed by atoms with Gasteiger partial charge < -0.3 is 5.32 Å². The Morgan fingerprint density at radius 1 is 1.53 bits per heavy atom. The number of thioether (sulfide) groups is 1. The summed E-state index contributed by atoms with van der Waals surface area (Å²) in [6.07, 6.45) is 2.58. The number of hydrogen-bond acceptors (Lipinski definition) is 2. The monoisotopic (exact) mass is 335 g/mol. The van der Waals surface area contributed by atoms with E-state index in [4.69, 9.17) is 0 Å². The number of benzene rings is 1. The topological polar surface area (TPSA) is 29.1 Å². The van der Waals surface area contributed by atoms with E-state index in [-0.39, 0.29) is 5.91 Å². The van der Waals surface area contributed by atoms with Gasteiger partial charge in [0.1, 0.15) is 0 Å². The molecule has 0 aliphatic rings. The van der Waals surface area contributed by atoms with Crippen LogP contribution < -0.4 is 5.32 Å². The Kier molecular flexibility index (Phi) is 5.45. The van der Waals surface area contributed by atoms with Crippen LogP contribution in [0.1, 0.15) is 12.0 Å². The maximum atomic E-state index is 11.5.